The van der Waals surface area contributed by atoms with Crippen molar-refractivity contribution in [3.63, 3.8) is 0 Å². The maximum absolute atomic E-state index is 12.8. The number of aromatic nitrogens is 2. The average molecular weight is 1000 g/mol. The number of nitrogens with two attached hydrogens (primary N) is 1. The number of carbonyl (C=O) groups is 2. The molecule has 1 saturated heterocycles. The van der Waals surface area contributed by atoms with E-state index >= 15 is 0 Å². The minimum atomic E-state index is -5.43. The molecule has 0 aromatic carbocycles. The lowest BCUT2D eigenvalue weighted by Crippen LogP contribution is -2.36. The molecule has 3 unspecified atom stereocenters. The van der Waals surface area contributed by atoms with Gasteiger partial charge in [-0.25, -0.2) is 13.9 Å². The Bertz CT molecular complexity index is 1820. The molecule has 1 aromatic heterocycles. The zero-order valence-corrected chi connectivity index (χ0v) is 42.2. The van der Waals surface area contributed by atoms with Gasteiger partial charge in [-0.1, -0.05) is 140 Å². The normalized spacial score (nSPS) is 19.9. The molecule has 388 valence electrons. The summed E-state index contributed by atoms with van der Waals surface area (Å²) in [6, 6.07) is 1.25. The Kier molecular flexibility index (Phi) is 32.8. The summed E-state index contributed by atoms with van der Waals surface area (Å²) >= 11 is 0. The summed E-state index contributed by atoms with van der Waals surface area (Å²) in [6.45, 7) is 2.08. The van der Waals surface area contributed by atoms with Crippen LogP contribution in [0.15, 0.2) is 65.7 Å². The third kappa shape index (κ3) is 29.0. The van der Waals surface area contributed by atoms with Crippen molar-refractivity contribution in [3.8, 4) is 0 Å². The molecule has 0 saturated carbocycles. The first-order chi connectivity index (χ1) is 32.7. The molecule has 1 aliphatic rings. The van der Waals surface area contributed by atoms with Gasteiger partial charge in [0.15, 0.2) is 12.3 Å². The molecule has 0 aliphatic carbocycles. The number of ether oxygens (including phenoxy) is 3. The molecular weight excluding hydrogens is 920 g/mol. The Morgan fingerprint density at radius 2 is 1.18 bits per heavy atom. The van der Waals surface area contributed by atoms with Gasteiger partial charge in [0.1, 0.15) is 30.7 Å². The smallest absolute Gasteiger partial charge is 0.462 e. The topological polar surface area (TPSA) is 265 Å². The monoisotopic (exact) mass is 1000 g/mol. The molecule has 0 spiro atoms. The maximum atomic E-state index is 12.8. The molecule has 0 amide bonds. The number of phosphoric ester groups is 2. The lowest BCUT2D eigenvalue weighted by molar-refractivity contribution is -0.161. The Balaban J connectivity index is 1.83. The van der Waals surface area contributed by atoms with Crippen LogP contribution in [0.25, 0.3) is 0 Å². The van der Waals surface area contributed by atoms with Gasteiger partial charge in [-0.05, 0) is 70.3 Å². The van der Waals surface area contributed by atoms with Gasteiger partial charge >= 0.3 is 33.3 Å². The number of nitrogens with zero attached hydrogens (tertiary/aromatic N) is 2. The van der Waals surface area contributed by atoms with Crippen LogP contribution < -0.4 is 11.4 Å². The highest BCUT2D eigenvalue weighted by Gasteiger charge is 2.46. The summed E-state index contributed by atoms with van der Waals surface area (Å²) in [6.07, 6.45) is 33.3. The number of esters is 2. The summed E-state index contributed by atoms with van der Waals surface area (Å²) in [5.74, 6) is -1.33. The first-order valence-corrected chi connectivity index (χ1v) is 27.7. The second-order valence-electron chi connectivity index (χ2n) is 17.0. The third-order valence-corrected chi connectivity index (χ3v) is 13.5. The van der Waals surface area contributed by atoms with Crippen molar-refractivity contribution >= 4 is 33.4 Å². The number of aliphatic hydroxyl groups excluding tert-OH is 2. The van der Waals surface area contributed by atoms with Crippen LogP contribution in [0, 0.1) is 0 Å². The summed E-state index contributed by atoms with van der Waals surface area (Å²) < 4.78 is 56.7. The molecule has 20 heteroatoms. The van der Waals surface area contributed by atoms with Gasteiger partial charge in [0, 0.05) is 19.0 Å². The van der Waals surface area contributed by atoms with E-state index in [9.17, 15) is 43.5 Å². The number of rotatable bonds is 40. The number of anilines is 1. The predicted molar refractivity (Wildman–Crippen MR) is 261 cm³/mol. The highest BCUT2D eigenvalue weighted by Crippen LogP contribution is 2.60. The summed E-state index contributed by atoms with van der Waals surface area (Å²) in [7, 11) is -10.9. The Labute approximate surface area is 403 Å². The van der Waals surface area contributed by atoms with Gasteiger partial charge < -0.3 is 39.9 Å². The quantitative estimate of drug-likeness (QED) is 0.0177. The van der Waals surface area contributed by atoms with Gasteiger partial charge in [0.25, 0.3) is 0 Å². The fourth-order valence-electron chi connectivity index (χ4n) is 7.06. The summed E-state index contributed by atoms with van der Waals surface area (Å²) in [5.41, 5.74) is 4.58. The van der Waals surface area contributed by atoms with Crippen molar-refractivity contribution in [1.29, 1.82) is 0 Å². The van der Waals surface area contributed by atoms with Gasteiger partial charge in [-0.3, -0.25) is 23.2 Å². The van der Waals surface area contributed by atoms with E-state index in [0.717, 1.165) is 87.8 Å². The van der Waals surface area contributed by atoms with Crippen LogP contribution in [-0.2, 0) is 46.3 Å². The number of aliphatic hydroxyl groups is 2. The standard InChI is InChI=1S/C48H81N3O15P2/c1-3-5-7-9-11-13-15-17-19-21-23-25-27-29-31-33-43(52)61-37-40(64-44(53)34-32-30-28-26-24-22-20-18-16-14-12-10-8-6-4-2)38-62-67(57,58)66-68(59,60)63-39-41-45(54)46(55)47(65-41)51-36-35-42(49)50-48(51)56/h13-20,35-36,40-41,45-47,54-55H,3-12,21-34,37-39H2,1-2H3,(H,57,58)(H,59,60)(H2,49,50,56)/b15-13-,16-14-,19-17-,20-18-/t40-,41-,45+,46?,47-/m1/s1. The average Bonchev–Trinajstić information content (AvgIpc) is 3.57. The van der Waals surface area contributed by atoms with Crippen LogP contribution in [0.5, 0.6) is 0 Å². The number of phosphoric acid groups is 2. The minimum absolute atomic E-state index is 0.0279. The molecule has 0 bridgehead atoms. The molecule has 1 aromatic rings. The number of carbonyl (C=O) groups excluding carboxylic acids is 2. The molecule has 1 fully saturated rings. The van der Waals surface area contributed by atoms with E-state index < -0.39 is 83.7 Å². The molecule has 68 heavy (non-hydrogen) atoms. The maximum Gasteiger partial charge on any atom is 0.481 e. The summed E-state index contributed by atoms with van der Waals surface area (Å²) in [4.78, 5) is 61.8. The number of nitrogen functional groups attached to an aromatic ring is 1. The van der Waals surface area contributed by atoms with Crippen LogP contribution in [0.2, 0.25) is 0 Å². The van der Waals surface area contributed by atoms with Crippen molar-refractivity contribution in [3.05, 3.63) is 71.4 Å². The van der Waals surface area contributed by atoms with Crippen molar-refractivity contribution in [1.82, 2.24) is 9.55 Å². The van der Waals surface area contributed by atoms with Crippen LogP contribution >= 0.6 is 15.6 Å². The zero-order chi connectivity index (χ0) is 49.9. The molecule has 0 radical (unpaired) electrons. The van der Waals surface area contributed by atoms with E-state index in [0.29, 0.717) is 12.8 Å². The van der Waals surface area contributed by atoms with Gasteiger partial charge in [0.2, 0.25) is 0 Å². The van der Waals surface area contributed by atoms with Crippen molar-refractivity contribution in [2.75, 3.05) is 25.6 Å². The van der Waals surface area contributed by atoms with Crippen LogP contribution in [0.3, 0.4) is 0 Å². The Hall–Kier alpha value is -3.28. The molecule has 6 N–H and O–H groups in total. The first-order valence-electron chi connectivity index (χ1n) is 24.7. The predicted octanol–water partition coefficient (Wildman–Crippen LogP) is 9.78. The molecule has 2 rings (SSSR count). The van der Waals surface area contributed by atoms with Crippen LogP contribution in [0.1, 0.15) is 174 Å². The van der Waals surface area contributed by atoms with E-state index in [1.165, 1.54) is 57.4 Å². The van der Waals surface area contributed by atoms with Gasteiger partial charge in [-0.2, -0.15) is 9.29 Å². The fourth-order valence-corrected chi connectivity index (χ4v) is 9.17. The summed E-state index contributed by atoms with van der Waals surface area (Å²) in [5, 5.41) is 20.9. The van der Waals surface area contributed by atoms with Gasteiger partial charge in [-0.15, -0.1) is 0 Å². The Morgan fingerprint density at radius 3 is 1.69 bits per heavy atom. The fraction of sp³-hybridized carbons (Fsp3) is 0.708. The first kappa shape index (κ1) is 60.8. The second kappa shape index (κ2) is 36.6. The van der Waals surface area contributed by atoms with E-state index in [4.69, 9.17) is 29.0 Å². The molecule has 7 atom stereocenters. The lowest BCUT2D eigenvalue weighted by atomic mass is 10.1. The number of unbranched alkanes of at least 4 members (excludes halogenated alkanes) is 18. The highest BCUT2D eigenvalue weighted by molar-refractivity contribution is 7.61. The van der Waals surface area contributed by atoms with Crippen molar-refractivity contribution in [2.24, 2.45) is 0 Å². The molecule has 2 heterocycles. The molecule has 18 nitrogen and oxygen atoms in total. The SMILES string of the molecule is CCCCCC/C=C\C=C/CCCCCCCC(=O)OC[C@H](COP(=O)(O)OP(=O)(O)OC[C@H]1O[C@@H](n2ccc(N)nc2=O)C(O)[C@H]1O)OC(=O)CCCCCCC/C=C\C=C/CCCCCC. The number of hydrogen-bond acceptors (Lipinski definition) is 15. The van der Waals surface area contributed by atoms with E-state index in [2.05, 4.69) is 71.8 Å². The molecular formula is C48H81N3O15P2. The van der Waals surface area contributed by atoms with E-state index in [1.54, 1.807) is 0 Å². The molecule has 1 aliphatic heterocycles. The third-order valence-electron chi connectivity index (χ3n) is 10.9. The van der Waals surface area contributed by atoms with Crippen molar-refractivity contribution in [2.45, 2.75) is 199 Å². The lowest BCUT2D eigenvalue weighted by Gasteiger charge is -2.21. The van der Waals surface area contributed by atoms with E-state index in [1.807, 2.05) is 0 Å². The van der Waals surface area contributed by atoms with Crippen molar-refractivity contribution < 1.29 is 66.3 Å². The van der Waals surface area contributed by atoms with Crippen LogP contribution in [-0.4, -0.2) is 85.7 Å². The second-order valence-corrected chi connectivity index (χ2v) is 20.1. The zero-order valence-electron chi connectivity index (χ0n) is 40.4. The number of hydrogen-bond donors (Lipinski definition) is 5. The Morgan fingerprint density at radius 1 is 0.706 bits per heavy atom. The van der Waals surface area contributed by atoms with Gasteiger partial charge in [0.05, 0.1) is 13.2 Å². The largest absolute Gasteiger partial charge is 0.481 e. The minimum Gasteiger partial charge on any atom is -0.462 e. The number of allylic oxidation sites excluding steroid dienone is 8. The van der Waals surface area contributed by atoms with E-state index in [-0.39, 0.29) is 18.7 Å². The highest BCUT2D eigenvalue weighted by atomic mass is 31.3. The van der Waals surface area contributed by atoms with Crippen LogP contribution in [0.4, 0.5) is 5.82 Å².